The lowest BCUT2D eigenvalue weighted by atomic mass is 9.95. The van der Waals surface area contributed by atoms with E-state index in [1.54, 1.807) is 0 Å². The summed E-state index contributed by atoms with van der Waals surface area (Å²) in [6.07, 6.45) is 0. The molecule has 3 heteroatoms. The van der Waals surface area contributed by atoms with E-state index in [2.05, 4.69) is 40.2 Å². The Labute approximate surface area is 162 Å². The predicted molar refractivity (Wildman–Crippen MR) is 110 cm³/mol. The number of hydrogen-bond donors (Lipinski definition) is 0. The van der Waals surface area contributed by atoms with Crippen molar-refractivity contribution in [3.8, 4) is 5.75 Å². The Kier molecular flexibility index (Phi) is 6.32. The van der Waals surface area contributed by atoms with Gasteiger partial charge >= 0.3 is 0 Å². The summed E-state index contributed by atoms with van der Waals surface area (Å²) in [6.45, 7) is 0.644. The van der Waals surface area contributed by atoms with Crippen LogP contribution in [0.25, 0.3) is 10.6 Å². The van der Waals surface area contributed by atoms with Gasteiger partial charge in [-0.25, -0.2) is 0 Å². The molecule has 0 amide bonds. The lowest BCUT2D eigenvalue weighted by Gasteiger charge is -2.13. The maximum atomic E-state index is 6.81. The molecule has 0 aromatic heterocycles. The molecule has 0 N–H and O–H groups in total. The molecule has 0 aliphatic carbocycles. The van der Waals surface area contributed by atoms with Gasteiger partial charge in [-0.15, -0.1) is 0 Å². The number of rotatable bonds is 6. The summed E-state index contributed by atoms with van der Waals surface area (Å²) < 4.78 is 5.64. The Morgan fingerprint density at radius 1 is 0.720 bits per heavy atom. The van der Waals surface area contributed by atoms with Crippen LogP contribution in [0.3, 0.4) is 0 Å². The smallest absolute Gasteiger partial charge is 0.119 e. The van der Waals surface area contributed by atoms with Crippen LogP contribution in [0, 0.1) is 0 Å². The summed E-state index contributed by atoms with van der Waals surface area (Å²) in [7, 11) is 0. The van der Waals surface area contributed by atoms with Crippen LogP contribution in [0.15, 0.2) is 84.9 Å². The van der Waals surface area contributed by atoms with Crippen LogP contribution >= 0.6 is 27.5 Å². The third-order valence-electron chi connectivity index (χ3n) is 3.80. The molecule has 0 radical (unpaired) electrons. The van der Waals surface area contributed by atoms with Gasteiger partial charge in [-0.1, -0.05) is 100 Å². The van der Waals surface area contributed by atoms with Crippen molar-refractivity contribution in [3.63, 3.8) is 0 Å². The standard InChI is InChI=1S/C22H18BrClO/c23-15-16-25-20-13-11-18(12-14-20)21(17-7-3-1-4-8-17)22(24)19-9-5-2-6-10-19/h1-14H,15-16H2/b22-21-. The van der Waals surface area contributed by atoms with Crippen LogP contribution in [-0.4, -0.2) is 11.9 Å². The number of alkyl halides is 1. The van der Waals surface area contributed by atoms with Crippen LogP contribution in [0.2, 0.25) is 0 Å². The number of ether oxygens (including phenoxy) is 1. The second-order valence-electron chi connectivity index (χ2n) is 5.48. The van der Waals surface area contributed by atoms with Gasteiger partial charge in [0, 0.05) is 10.9 Å². The molecule has 126 valence electrons. The van der Waals surface area contributed by atoms with Crippen molar-refractivity contribution in [2.75, 3.05) is 11.9 Å². The van der Waals surface area contributed by atoms with Gasteiger partial charge in [0.2, 0.25) is 0 Å². The number of halogens is 2. The van der Waals surface area contributed by atoms with E-state index in [1.807, 2.05) is 60.7 Å². The third kappa shape index (κ3) is 4.53. The highest BCUT2D eigenvalue weighted by molar-refractivity contribution is 9.09. The fourth-order valence-corrected chi connectivity index (χ4v) is 3.13. The number of benzene rings is 3. The second-order valence-corrected chi connectivity index (χ2v) is 6.65. The van der Waals surface area contributed by atoms with Crippen molar-refractivity contribution in [1.29, 1.82) is 0 Å². The van der Waals surface area contributed by atoms with Crippen molar-refractivity contribution in [2.45, 2.75) is 0 Å². The van der Waals surface area contributed by atoms with Crippen molar-refractivity contribution in [3.05, 3.63) is 102 Å². The van der Waals surface area contributed by atoms with Gasteiger partial charge in [-0.05, 0) is 28.8 Å². The molecule has 0 fully saturated rings. The molecule has 1 nitrogen and oxygen atoms in total. The molecule has 0 aliphatic rings. The van der Waals surface area contributed by atoms with Gasteiger partial charge in [0.1, 0.15) is 5.75 Å². The maximum Gasteiger partial charge on any atom is 0.119 e. The minimum atomic E-state index is 0.644. The molecule has 0 heterocycles. The summed E-state index contributed by atoms with van der Waals surface area (Å²) >= 11 is 10.2. The molecular weight excluding hydrogens is 396 g/mol. The minimum Gasteiger partial charge on any atom is -0.493 e. The Balaban J connectivity index is 2.06. The van der Waals surface area contributed by atoms with Gasteiger partial charge < -0.3 is 4.74 Å². The normalized spacial score (nSPS) is 11.8. The fraction of sp³-hybridized carbons (Fsp3) is 0.0909. The zero-order chi connectivity index (χ0) is 17.5. The van der Waals surface area contributed by atoms with Crippen molar-refractivity contribution in [2.24, 2.45) is 0 Å². The average molecular weight is 414 g/mol. The first-order valence-corrected chi connectivity index (χ1v) is 9.59. The molecule has 0 bridgehead atoms. The molecule has 0 saturated carbocycles. The molecule has 3 rings (SSSR count). The molecule has 3 aromatic carbocycles. The molecule has 0 saturated heterocycles. The monoisotopic (exact) mass is 412 g/mol. The molecule has 25 heavy (non-hydrogen) atoms. The zero-order valence-electron chi connectivity index (χ0n) is 13.7. The largest absolute Gasteiger partial charge is 0.493 e. The van der Waals surface area contributed by atoms with E-state index in [9.17, 15) is 0 Å². The quantitative estimate of drug-likeness (QED) is 0.326. The Hall–Kier alpha value is -2.03. The predicted octanol–water partition coefficient (Wildman–Crippen LogP) is 6.62. The molecule has 0 atom stereocenters. The first-order chi connectivity index (χ1) is 12.3. The van der Waals surface area contributed by atoms with Crippen LogP contribution in [0.5, 0.6) is 5.75 Å². The SMILES string of the molecule is Cl/C(=C(/c1ccccc1)c1ccc(OCCBr)cc1)c1ccccc1. The summed E-state index contributed by atoms with van der Waals surface area (Å²) in [5.74, 6) is 0.853. The highest BCUT2D eigenvalue weighted by atomic mass is 79.9. The topological polar surface area (TPSA) is 9.23 Å². The highest BCUT2D eigenvalue weighted by Crippen LogP contribution is 2.35. The van der Waals surface area contributed by atoms with E-state index < -0.39 is 0 Å². The summed E-state index contributed by atoms with van der Waals surface area (Å²) in [4.78, 5) is 0. The first-order valence-electron chi connectivity index (χ1n) is 8.09. The van der Waals surface area contributed by atoms with Gasteiger partial charge in [0.15, 0.2) is 0 Å². The summed E-state index contributed by atoms with van der Waals surface area (Å²) in [5.41, 5.74) is 4.17. The molecule has 3 aromatic rings. The Morgan fingerprint density at radius 3 is 1.80 bits per heavy atom. The Morgan fingerprint density at radius 2 is 1.24 bits per heavy atom. The number of hydrogen-bond acceptors (Lipinski definition) is 1. The van der Waals surface area contributed by atoms with Crippen LogP contribution < -0.4 is 4.74 Å². The first kappa shape index (κ1) is 17.8. The van der Waals surface area contributed by atoms with Gasteiger partial charge in [-0.3, -0.25) is 0 Å². The van der Waals surface area contributed by atoms with E-state index in [1.165, 1.54) is 0 Å². The maximum absolute atomic E-state index is 6.81. The van der Waals surface area contributed by atoms with E-state index in [4.69, 9.17) is 16.3 Å². The van der Waals surface area contributed by atoms with E-state index in [0.717, 1.165) is 38.4 Å². The third-order valence-corrected chi connectivity index (χ3v) is 4.53. The van der Waals surface area contributed by atoms with E-state index in [-0.39, 0.29) is 0 Å². The van der Waals surface area contributed by atoms with Crippen LogP contribution in [0.1, 0.15) is 16.7 Å². The van der Waals surface area contributed by atoms with E-state index >= 15 is 0 Å². The molecule has 0 aliphatic heterocycles. The average Bonchev–Trinajstić information content (AvgIpc) is 2.69. The molecule has 0 unspecified atom stereocenters. The highest BCUT2D eigenvalue weighted by Gasteiger charge is 2.12. The second kappa shape index (κ2) is 8.89. The summed E-state index contributed by atoms with van der Waals surface area (Å²) in [5, 5.41) is 1.55. The van der Waals surface area contributed by atoms with Crippen molar-refractivity contribution in [1.82, 2.24) is 0 Å². The van der Waals surface area contributed by atoms with Gasteiger partial charge in [0.05, 0.1) is 11.6 Å². The van der Waals surface area contributed by atoms with Crippen LogP contribution in [0.4, 0.5) is 0 Å². The van der Waals surface area contributed by atoms with Gasteiger partial charge in [-0.2, -0.15) is 0 Å². The minimum absolute atomic E-state index is 0.644. The van der Waals surface area contributed by atoms with Gasteiger partial charge in [0.25, 0.3) is 0 Å². The lowest BCUT2D eigenvalue weighted by Crippen LogP contribution is -1.98. The lowest BCUT2D eigenvalue weighted by molar-refractivity contribution is 0.345. The Bertz CT molecular complexity index is 827. The fourth-order valence-electron chi connectivity index (χ4n) is 2.63. The molecule has 0 spiro atoms. The summed E-state index contributed by atoms with van der Waals surface area (Å²) in [6, 6.07) is 28.3. The van der Waals surface area contributed by atoms with Crippen molar-refractivity contribution < 1.29 is 4.74 Å². The molecular formula is C22H18BrClO. The van der Waals surface area contributed by atoms with Crippen molar-refractivity contribution >= 4 is 38.1 Å². The van der Waals surface area contributed by atoms with E-state index in [0.29, 0.717) is 6.61 Å². The van der Waals surface area contributed by atoms with Crippen LogP contribution in [-0.2, 0) is 0 Å². The zero-order valence-corrected chi connectivity index (χ0v) is 16.0.